The average Bonchev–Trinajstić information content (AvgIpc) is 2.03. The second kappa shape index (κ2) is 3.89. The molecule has 0 spiro atoms. The second-order valence-corrected chi connectivity index (χ2v) is 2.94. The van der Waals surface area contributed by atoms with E-state index in [1.165, 1.54) is 24.0 Å². The van der Waals surface area contributed by atoms with Crippen LogP contribution in [0.15, 0.2) is 17.2 Å². The normalized spacial score (nSPS) is 10.0. The van der Waals surface area contributed by atoms with Crippen LogP contribution in [0, 0.1) is 5.95 Å². The van der Waals surface area contributed by atoms with Crippen molar-refractivity contribution < 1.29 is 14.4 Å². The summed E-state index contributed by atoms with van der Waals surface area (Å²) in [6.07, 6.45) is 3.01. The van der Waals surface area contributed by atoms with Gasteiger partial charge in [0.25, 0.3) is 0 Å². The molecule has 2 N–H and O–H groups in total. The minimum Gasteiger partial charge on any atom is -0.423 e. The van der Waals surface area contributed by atoms with Crippen LogP contribution in [0.1, 0.15) is 0 Å². The van der Waals surface area contributed by atoms with Crippen molar-refractivity contribution in [3.8, 4) is 0 Å². The molecule has 0 saturated carbocycles. The molecular formula is C6H7BFNO2S. The number of rotatable bonds is 2. The molecule has 1 heterocycles. The van der Waals surface area contributed by atoms with Gasteiger partial charge in [0.2, 0.25) is 5.95 Å². The summed E-state index contributed by atoms with van der Waals surface area (Å²) in [5, 5.41) is 17.6. The summed E-state index contributed by atoms with van der Waals surface area (Å²) in [5.74, 6) is -0.836. The van der Waals surface area contributed by atoms with Crippen molar-refractivity contribution in [3.05, 3.63) is 18.2 Å². The Morgan fingerprint density at radius 2 is 2.25 bits per heavy atom. The van der Waals surface area contributed by atoms with Crippen molar-refractivity contribution in [2.45, 2.75) is 4.90 Å². The minimum atomic E-state index is -1.80. The first-order valence-corrected chi connectivity index (χ1v) is 4.43. The van der Waals surface area contributed by atoms with E-state index in [-0.39, 0.29) is 5.46 Å². The summed E-state index contributed by atoms with van der Waals surface area (Å²) in [6, 6.07) is 1.53. The Labute approximate surface area is 73.8 Å². The van der Waals surface area contributed by atoms with Gasteiger partial charge < -0.3 is 10.0 Å². The van der Waals surface area contributed by atoms with Gasteiger partial charge in [-0.1, -0.05) is 0 Å². The van der Waals surface area contributed by atoms with Crippen LogP contribution in [0.2, 0.25) is 0 Å². The first-order valence-electron chi connectivity index (χ1n) is 3.21. The molecule has 0 fully saturated rings. The highest BCUT2D eigenvalue weighted by atomic mass is 32.2. The van der Waals surface area contributed by atoms with E-state index in [0.29, 0.717) is 4.90 Å². The third-order valence-electron chi connectivity index (χ3n) is 1.38. The van der Waals surface area contributed by atoms with E-state index in [1.54, 1.807) is 6.26 Å². The maximum atomic E-state index is 12.8. The summed E-state index contributed by atoms with van der Waals surface area (Å²) in [5.41, 5.74) is -0.162. The molecule has 0 aliphatic carbocycles. The zero-order chi connectivity index (χ0) is 9.14. The van der Waals surface area contributed by atoms with Crippen molar-refractivity contribution in [1.82, 2.24) is 4.98 Å². The second-order valence-electron chi connectivity index (χ2n) is 2.09. The molecule has 0 aliphatic rings. The Morgan fingerprint density at radius 3 is 2.67 bits per heavy atom. The van der Waals surface area contributed by atoms with Gasteiger partial charge in [-0.05, 0) is 12.3 Å². The van der Waals surface area contributed by atoms with Gasteiger partial charge >= 0.3 is 7.12 Å². The average molecular weight is 187 g/mol. The van der Waals surface area contributed by atoms with Gasteiger partial charge in [-0.2, -0.15) is 4.39 Å². The largest absolute Gasteiger partial charge is 0.494 e. The Morgan fingerprint density at radius 1 is 1.58 bits per heavy atom. The molecule has 1 rings (SSSR count). The van der Waals surface area contributed by atoms with Gasteiger partial charge in [0, 0.05) is 11.1 Å². The molecule has 0 radical (unpaired) electrons. The third-order valence-corrected chi connectivity index (χ3v) is 2.18. The molecule has 64 valence electrons. The maximum absolute atomic E-state index is 12.8. The smallest absolute Gasteiger partial charge is 0.423 e. The molecule has 0 atom stereocenters. The molecule has 3 nitrogen and oxygen atoms in total. The molecule has 6 heteroatoms. The lowest BCUT2D eigenvalue weighted by atomic mass is 9.81. The number of hydrogen-bond donors (Lipinski definition) is 2. The van der Waals surface area contributed by atoms with Crippen LogP contribution in [0.3, 0.4) is 0 Å². The van der Waals surface area contributed by atoms with Crippen molar-refractivity contribution in [1.29, 1.82) is 0 Å². The van der Waals surface area contributed by atoms with E-state index < -0.39 is 13.1 Å². The van der Waals surface area contributed by atoms with Crippen molar-refractivity contribution in [3.63, 3.8) is 0 Å². The van der Waals surface area contributed by atoms with Crippen LogP contribution in [0.5, 0.6) is 0 Å². The van der Waals surface area contributed by atoms with Crippen LogP contribution >= 0.6 is 11.8 Å². The lowest BCUT2D eigenvalue weighted by molar-refractivity contribution is 0.420. The molecule has 0 saturated heterocycles. The molecule has 0 amide bonds. The SMILES string of the molecule is CSc1ccnc(F)c1B(O)O. The van der Waals surface area contributed by atoms with Gasteiger partial charge in [0.15, 0.2) is 0 Å². The fourth-order valence-electron chi connectivity index (χ4n) is 0.843. The predicted molar refractivity (Wildman–Crippen MR) is 45.8 cm³/mol. The Balaban J connectivity index is 3.20. The Kier molecular flexibility index (Phi) is 3.08. The quantitative estimate of drug-likeness (QED) is 0.376. The number of nitrogens with zero attached hydrogens (tertiary/aromatic N) is 1. The van der Waals surface area contributed by atoms with E-state index in [1.807, 2.05) is 0 Å². The van der Waals surface area contributed by atoms with Crippen molar-refractivity contribution in [2.75, 3.05) is 6.26 Å². The van der Waals surface area contributed by atoms with Crippen molar-refractivity contribution >= 4 is 24.3 Å². The lowest BCUT2D eigenvalue weighted by Gasteiger charge is -2.05. The van der Waals surface area contributed by atoms with Gasteiger partial charge in [0.05, 0.1) is 5.46 Å². The summed E-state index contributed by atoms with van der Waals surface area (Å²) in [4.78, 5) is 3.79. The van der Waals surface area contributed by atoms with Crippen LogP contribution in [-0.2, 0) is 0 Å². The fraction of sp³-hybridized carbons (Fsp3) is 0.167. The monoisotopic (exact) mass is 187 g/mol. The summed E-state index contributed by atoms with van der Waals surface area (Å²) in [7, 11) is -1.80. The molecule has 0 aliphatic heterocycles. The van der Waals surface area contributed by atoms with Gasteiger partial charge in [0.1, 0.15) is 0 Å². The predicted octanol–water partition coefficient (Wildman–Crippen LogP) is -0.378. The highest BCUT2D eigenvalue weighted by Crippen LogP contribution is 2.11. The van der Waals surface area contributed by atoms with Crippen LogP contribution in [0.25, 0.3) is 0 Å². The zero-order valence-electron chi connectivity index (χ0n) is 6.36. The van der Waals surface area contributed by atoms with E-state index >= 15 is 0 Å². The summed E-state index contributed by atoms with van der Waals surface area (Å²) in [6.45, 7) is 0. The molecular weight excluding hydrogens is 180 g/mol. The fourth-order valence-corrected chi connectivity index (χ4v) is 1.45. The van der Waals surface area contributed by atoms with Crippen LogP contribution in [-0.4, -0.2) is 28.4 Å². The first-order chi connectivity index (χ1) is 5.66. The van der Waals surface area contributed by atoms with E-state index in [0.717, 1.165) is 0 Å². The molecule has 0 unspecified atom stereocenters. The first kappa shape index (κ1) is 9.50. The Hall–Kier alpha value is -0.585. The molecule has 1 aromatic heterocycles. The van der Waals surface area contributed by atoms with Gasteiger partial charge in [-0.25, -0.2) is 4.98 Å². The molecule has 12 heavy (non-hydrogen) atoms. The molecule has 0 bridgehead atoms. The van der Waals surface area contributed by atoms with Crippen molar-refractivity contribution in [2.24, 2.45) is 0 Å². The number of halogens is 1. The topological polar surface area (TPSA) is 53.4 Å². The van der Waals surface area contributed by atoms with E-state index in [4.69, 9.17) is 10.0 Å². The lowest BCUT2D eigenvalue weighted by Crippen LogP contribution is -2.35. The number of pyridine rings is 1. The molecule has 1 aromatic rings. The summed E-state index contributed by atoms with van der Waals surface area (Å²) < 4.78 is 12.8. The van der Waals surface area contributed by atoms with E-state index in [2.05, 4.69) is 4.98 Å². The highest BCUT2D eigenvalue weighted by Gasteiger charge is 2.21. The summed E-state index contributed by atoms with van der Waals surface area (Å²) >= 11 is 1.24. The van der Waals surface area contributed by atoms with Gasteiger partial charge in [-0.3, -0.25) is 0 Å². The minimum absolute atomic E-state index is 0.162. The van der Waals surface area contributed by atoms with Crippen LogP contribution in [0.4, 0.5) is 4.39 Å². The number of thioether (sulfide) groups is 1. The third kappa shape index (κ3) is 1.77. The van der Waals surface area contributed by atoms with E-state index in [9.17, 15) is 4.39 Å². The van der Waals surface area contributed by atoms with Gasteiger partial charge in [-0.15, -0.1) is 11.8 Å². The molecule has 0 aromatic carbocycles. The maximum Gasteiger partial charge on any atom is 0.494 e. The Bertz CT molecular complexity index is 284. The standard InChI is InChI=1S/C6H7BFNO2S/c1-12-4-2-3-9-6(8)5(4)7(10)11/h2-3,10-11H,1H3. The number of aromatic nitrogens is 1. The van der Waals surface area contributed by atoms with Crippen LogP contribution < -0.4 is 5.46 Å². The highest BCUT2D eigenvalue weighted by molar-refractivity contribution is 7.98. The zero-order valence-corrected chi connectivity index (χ0v) is 7.18. The number of hydrogen-bond acceptors (Lipinski definition) is 4.